The van der Waals surface area contributed by atoms with E-state index in [4.69, 9.17) is 4.84 Å². The standard InChI is InChI=1S/C14H17F2NO/c15-14(16)13-7-3-6-12(8-13)10-18-17-9-11-4-1-2-5-11/h3,6-9,11,14H,1-2,4-5,10H2. The van der Waals surface area contributed by atoms with E-state index in [1.807, 2.05) is 6.21 Å². The summed E-state index contributed by atoms with van der Waals surface area (Å²) in [4.78, 5) is 5.14. The van der Waals surface area contributed by atoms with Gasteiger partial charge in [-0.25, -0.2) is 8.78 Å². The van der Waals surface area contributed by atoms with Crippen molar-refractivity contribution >= 4 is 6.21 Å². The van der Waals surface area contributed by atoms with Crippen LogP contribution in [-0.2, 0) is 11.4 Å². The van der Waals surface area contributed by atoms with Crippen LogP contribution in [0, 0.1) is 5.92 Å². The van der Waals surface area contributed by atoms with Gasteiger partial charge in [0.05, 0.1) is 0 Å². The molecule has 2 nitrogen and oxygen atoms in total. The van der Waals surface area contributed by atoms with E-state index in [2.05, 4.69) is 5.16 Å². The smallest absolute Gasteiger partial charge is 0.263 e. The van der Waals surface area contributed by atoms with E-state index >= 15 is 0 Å². The van der Waals surface area contributed by atoms with E-state index in [1.54, 1.807) is 12.1 Å². The minimum atomic E-state index is -2.44. The third-order valence-electron chi connectivity index (χ3n) is 3.18. The van der Waals surface area contributed by atoms with Crippen LogP contribution in [0.2, 0.25) is 0 Å². The number of hydrogen-bond acceptors (Lipinski definition) is 2. The molecule has 0 spiro atoms. The molecule has 1 fully saturated rings. The summed E-state index contributed by atoms with van der Waals surface area (Å²) < 4.78 is 24.9. The number of hydrogen-bond donors (Lipinski definition) is 0. The van der Waals surface area contributed by atoms with Crippen molar-refractivity contribution in [1.29, 1.82) is 0 Å². The van der Waals surface area contributed by atoms with Crippen LogP contribution in [0.1, 0.15) is 43.2 Å². The Kier molecular flexibility index (Phi) is 4.67. The van der Waals surface area contributed by atoms with Crippen molar-refractivity contribution in [1.82, 2.24) is 0 Å². The fourth-order valence-electron chi connectivity index (χ4n) is 2.17. The molecule has 18 heavy (non-hydrogen) atoms. The van der Waals surface area contributed by atoms with E-state index in [-0.39, 0.29) is 12.2 Å². The maximum Gasteiger partial charge on any atom is 0.263 e. The summed E-state index contributed by atoms with van der Waals surface area (Å²) in [7, 11) is 0. The van der Waals surface area contributed by atoms with Gasteiger partial charge in [-0.3, -0.25) is 0 Å². The molecule has 0 saturated heterocycles. The number of benzene rings is 1. The molecule has 0 radical (unpaired) electrons. The molecule has 0 unspecified atom stereocenters. The maximum absolute atomic E-state index is 12.5. The minimum Gasteiger partial charge on any atom is -0.391 e. The number of alkyl halides is 2. The molecule has 0 bridgehead atoms. The molecule has 0 amide bonds. The van der Waals surface area contributed by atoms with Gasteiger partial charge in [0.15, 0.2) is 0 Å². The van der Waals surface area contributed by atoms with Crippen LogP contribution in [0.3, 0.4) is 0 Å². The molecular formula is C14H17F2NO. The summed E-state index contributed by atoms with van der Waals surface area (Å²) in [6.07, 6.45) is 4.26. The first-order valence-electron chi connectivity index (χ1n) is 6.28. The molecule has 2 rings (SSSR count). The molecule has 0 aromatic heterocycles. The average molecular weight is 253 g/mol. The molecule has 1 aromatic rings. The zero-order valence-electron chi connectivity index (χ0n) is 10.2. The molecule has 1 aliphatic rings. The van der Waals surface area contributed by atoms with Crippen LogP contribution in [0.5, 0.6) is 0 Å². The third-order valence-corrected chi connectivity index (χ3v) is 3.18. The molecule has 1 aliphatic carbocycles. The molecule has 98 valence electrons. The SMILES string of the molecule is FC(F)c1cccc(CON=CC2CCCC2)c1. The Balaban J connectivity index is 1.80. The monoisotopic (exact) mass is 253 g/mol. The molecule has 0 N–H and O–H groups in total. The van der Waals surface area contributed by atoms with E-state index in [9.17, 15) is 8.78 Å². The van der Waals surface area contributed by atoms with Gasteiger partial charge in [0.25, 0.3) is 6.43 Å². The summed E-state index contributed by atoms with van der Waals surface area (Å²) in [5.74, 6) is 0.525. The van der Waals surface area contributed by atoms with Crippen LogP contribution in [0.15, 0.2) is 29.4 Å². The maximum atomic E-state index is 12.5. The second kappa shape index (κ2) is 6.47. The van der Waals surface area contributed by atoms with Gasteiger partial charge in [-0.15, -0.1) is 0 Å². The number of halogens is 2. The summed E-state index contributed by atoms with van der Waals surface area (Å²) in [5.41, 5.74) is 0.743. The van der Waals surface area contributed by atoms with Crippen LogP contribution in [0.4, 0.5) is 8.78 Å². The van der Waals surface area contributed by atoms with Gasteiger partial charge in [0, 0.05) is 11.8 Å². The zero-order chi connectivity index (χ0) is 12.8. The highest BCUT2D eigenvalue weighted by atomic mass is 19.3. The van der Waals surface area contributed by atoms with Gasteiger partial charge in [-0.1, -0.05) is 36.2 Å². The predicted octanol–water partition coefficient (Wildman–Crippen LogP) is 4.32. The summed E-state index contributed by atoms with van der Waals surface area (Å²) in [6, 6.07) is 6.24. The lowest BCUT2D eigenvalue weighted by molar-refractivity contribution is 0.129. The van der Waals surface area contributed by atoms with Crippen LogP contribution >= 0.6 is 0 Å². The molecule has 0 aliphatic heterocycles. The lowest BCUT2D eigenvalue weighted by atomic mass is 10.1. The number of oxime groups is 1. The van der Waals surface area contributed by atoms with Crippen LogP contribution in [0.25, 0.3) is 0 Å². The molecule has 4 heteroatoms. The first kappa shape index (κ1) is 13.0. The highest BCUT2D eigenvalue weighted by Crippen LogP contribution is 2.23. The van der Waals surface area contributed by atoms with Crippen LogP contribution in [-0.4, -0.2) is 6.21 Å². The van der Waals surface area contributed by atoms with Crippen molar-refractivity contribution in [2.45, 2.75) is 38.7 Å². The molecular weight excluding hydrogens is 236 g/mol. The molecule has 0 heterocycles. The predicted molar refractivity (Wildman–Crippen MR) is 66.6 cm³/mol. The van der Waals surface area contributed by atoms with Crippen molar-refractivity contribution in [3.63, 3.8) is 0 Å². The van der Waals surface area contributed by atoms with E-state index in [1.165, 1.54) is 37.8 Å². The Morgan fingerprint density at radius 1 is 1.33 bits per heavy atom. The lowest BCUT2D eigenvalue weighted by Crippen LogP contribution is -1.96. The topological polar surface area (TPSA) is 21.6 Å². The Morgan fingerprint density at radius 2 is 2.11 bits per heavy atom. The van der Waals surface area contributed by atoms with Crippen molar-refractivity contribution in [2.24, 2.45) is 11.1 Å². The minimum absolute atomic E-state index is 0.0240. The van der Waals surface area contributed by atoms with Gasteiger partial charge < -0.3 is 4.84 Å². The van der Waals surface area contributed by atoms with Crippen molar-refractivity contribution in [3.8, 4) is 0 Å². The van der Waals surface area contributed by atoms with Gasteiger partial charge in [0.1, 0.15) is 6.61 Å². The summed E-state index contributed by atoms with van der Waals surface area (Å²) in [6.45, 7) is 0.240. The van der Waals surface area contributed by atoms with Crippen molar-refractivity contribution in [3.05, 3.63) is 35.4 Å². The van der Waals surface area contributed by atoms with Gasteiger partial charge >= 0.3 is 0 Å². The first-order chi connectivity index (χ1) is 8.75. The Labute approximate surface area is 106 Å². The summed E-state index contributed by atoms with van der Waals surface area (Å²) in [5, 5.41) is 3.91. The van der Waals surface area contributed by atoms with Crippen LogP contribution < -0.4 is 0 Å². The second-order valence-electron chi connectivity index (χ2n) is 4.62. The highest BCUT2D eigenvalue weighted by molar-refractivity contribution is 5.60. The van der Waals surface area contributed by atoms with Crippen molar-refractivity contribution < 1.29 is 13.6 Å². The largest absolute Gasteiger partial charge is 0.391 e. The number of rotatable bonds is 5. The van der Waals surface area contributed by atoms with Gasteiger partial charge in [-0.05, 0) is 30.4 Å². The van der Waals surface area contributed by atoms with E-state index in [0.717, 1.165) is 5.56 Å². The highest BCUT2D eigenvalue weighted by Gasteiger charge is 2.12. The quantitative estimate of drug-likeness (QED) is 0.565. The molecule has 1 saturated carbocycles. The van der Waals surface area contributed by atoms with Gasteiger partial charge in [-0.2, -0.15) is 0 Å². The van der Waals surface area contributed by atoms with Gasteiger partial charge in [0.2, 0.25) is 0 Å². The number of nitrogens with zero attached hydrogens (tertiary/aromatic N) is 1. The fraction of sp³-hybridized carbons (Fsp3) is 0.500. The average Bonchev–Trinajstić information content (AvgIpc) is 2.88. The van der Waals surface area contributed by atoms with Crippen molar-refractivity contribution in [2.75, 3.05) is 0 Å². The second-order valence-corrected chi connectivity index (χ2v) is 4.62. The zero-order valence-corrected chi connectivity index (χ0v) is 10.2. The molecule has 1 aromatic carbocycles. The fourth-order valence-corrected chi connectivity index (χ4v) is 2.17. The Bertz CT molecular complexity index is 401. The lowest BCUT2D eigenvalue weighted by Gasteiger charge is -2.04. The first-order valence-corrected chi connectivity index (χ1v) is 6.28. The Morgan fingerprint density at radius 3 is 2.83 bits per heavy atom. The Hall–Kier alpha value is -1.45. The van der Waals surface area contributed by atoms with E-state index < -0.39 is 6.43 Å². The van der Waals surface area contributed by atoms with E-state index in [0.29, 0.717) is 5.92 Å². The third kappa shape index (κ3) is 3.79. The summed E-state index contributed by atoms with van der Waals surface area (Å²) >= 11 is 0. The normalized spacial score (nSPS) is 16.8. The molecule has 0 atom stereocenters.